The van der Waals surface area contributed by atoms with E-state index in [1.165, 1.54) is 22.5 Å². The molecule has 0 unspecified atom stereocenters. The maximum Gasteiger partial charge on any atom is 0.0737 e. The van der Waals surface area contributed by atoms with Crippen molar-refractivity contribution in [2.45, 2.75) is 13.1 Å². The number of rotatable bonds is 8. The molecule has 4 saturated heterocycles. The Hall–Kier alpha value is -3.68. The van der Waals surface area contributed by atoms with E-state index in [-0.39, 0.29) is 0 Å². The number of fused-ring (bicyclic) bond motifs is 1. The van der Waals surface area contributed by atoms with Crippen LogP contribution in [-0.2, 0) is 13.1 Å². The van der Waals surface area contributed by atoms with E-state index < -0.39 is 0 Å². The van der Waals surface area contributed by atoms with E-state index in [1.54, 1.807) is 0 Å². The van der Waals surface area contributed by atoms with E-state index in [0.29, 0.717) is 5.02 Å². The zero-order valence-corrected chi connectivity index (χ0v) is 34.3. The Kier molecular flexibility index (Phi) is 13.3. The van der Waals surface area contributed by atoms with Gasteiger partial charge >= 0.3 is 0 Å². The molecule has 0 saturated carbocycles. The summed E-state index contributed by atoms with van der Waals surface area (Å²) in [5.74, 6) is 0. The molecule has 4 aliphatic heterocycles. The van der Waals surface area contributed by atoms with Crippen LogP contribution in [0.5, 0.6) is 0 Å². The second kappa shape index (κ2) is 18.5. The third kappa shape index (κ3) is 10.6. The Bertz CT molecular complexity index is 1840. The molecule has 12 heteroatoms. The van der Waals surface area contributed by atoms with Crippen LogP contribution in [0, 0.1) is 0 Å². The predicted molar refractivity (Wildman–Crippen MR) is 232 cm³/mol. The van der Waals surface area contributed by atoms with Gasteiger partial charge in [0, 0.05) is 163 Å². The second-order valence-electron chi connectivity index (χ2n) is 16.1. The van der Waals surface area contributed by atoms with Gasteiger partial charge in [0.1, 0.15) is 0 Å². The van der Waals surface area contributed by atoms with E-state index in [0.717, 1.165) is 146 Å². The molecule has 8 rings (SSSR count). The fourth-order valence-corrected chi connectivity index (χ4v) is 8.28. The summed E-state index contributed by atoms with van der Waals surface area (Å²) in [6.45, 7) is 20.0. The molecule has 3 aromatic carbocycles. The molecule has 0 radical (unpaired) electrons. The lowest BCUT2D eigenvalue weighted by atomic mass is 10.1. The number of benzene rings is 3. The maximum atomic E-state index is 6.18. The standard InChI is InChI=1S/C26H33ClN6.C17H29N5/c1-30-9-13-32(14-10-30)19-20-17-22(4-6-26(20)33-15-11-31(2)12-16-33)29-24-7-8-28-25-18-21(27)3-5-23(24)25;1-19-5-9-21(10-6-19)14-15-13-16(18)3-4-17(15)22-11-7-20(2)8-12-22/h3-8,17-18H,9-16,19H2,1-2H3,(H,28,29);3-4,13H,5-12,14,18H2,1-2H3. The van der Waals surface area contributed by atoms with Crippen molar-refractivity contribution in [2.24, 2.45) is 0 Å². The summed E-state index contributed by atoms with van der Waals surface area (Å²) in [7, 11) is 8.82. The van der Waals surface area contributed by atoms with E-state index in [1.807, 2.05) is 36.5 Å². The van der Waals surface area contributed by atoms with Gasteiger partial charge in [0.25, 0.3) is 0 Å². The van der Waals surface area contributed by atoms with Gasteiger partial charge in [-0.1, -0.05) is 11.6 Å². The Morgan fingerprint density at radius 3 is 1.60 bits per heavy atom. The van der Waals surface area contributed by atoms with Crippen LogP contribution in [0.4, 0.5) is 28.4 Å². The van der Waals surface area contributed by atoms with Crippen molar-refractivity contribution in [3.05, 3.63) is 83.0 Å². The zero-order chi connectivity index (χ0) is 38.3. The molecular weight excluding hydrogens is 706 g/mol. The van der Waals surface area contributed by atoms with Gasteiger partial charge in [0.15, 0.2) is 0 Å². The largest absolute Gasteiger partial charge is 0.399 e. The van der Waals surface area contributed by atoms with Gasteiger partial charge in [-0.25, -0.2) is 0 Å². The minimum absolute atomic E-state index is 0.707. The molecule has 55 heavy (non-hydrogen) atoms. The zero-order valence-electron chi connectivity index (χ0n) is 33.6. The molecule has 0 bridgehead atoms. The molecule has 3 N–H and O–H groups in total. The molecule has 5 heterocycles. The number of halogens is 1. The van der Waals surface area contributed by atoms with Gasteiger partial charge in [-0.05, 0) is 100.0 Å². The number of hydrogen-bond donors (Lipinski definition) is 2. The van der Waals surface area contributed by atoms with Gasteiger partial charge in [-0.2, -0.15) is 0 Å². The van der Waals surface area contributed by atoms with E-state index >= 15 is 0 Å². The topological polar surface area (TPSA) is 76.9 Å². The van der Waals surface area contributed by atoms with Crippen molar-refractivity contribution in [2.75, 3.05) is 154 Å². The van der Waals surface area contributed by atoms with Crippen LogP contribution >= 0.6 is 11.6 Å². The summed E-state index contributed by atoms with van der Waals surface area (Å²) >= 11 is 6.18. The summed E-state index contributed by atoms with van der Waals surface area (Å²) in [6.07, 6.45) is 1.84. The summed E-state index contributed by atoms with van der Waals surface area (Å²) in [4.78, 5) is 24.3. The number of piperazine rings is 4. The van der Waals surface area contributed by atoms with Crippen molar-refractivity contribution in [3.63, 3.8) is 0 Å². The third-order valence-corrected chi connectivity index (χ3v) is 12.1. The third-order valence-electron chi connectivity index (χ3n) is 11.8. The summed E-state index contributed by atoms with van der Waals surface area (Å²) in [5, 5.41) is 5.43. The Morgan fingerprint density at radius 1 is 0.564 bits per heavy atom. The number of pyridine rings is 1. The van der Waals surface area contributed by atoms with E-state index in [9.17, 15) is 0 Å². The number of nitrogen functional groups attached to an aromatic ring is 1. The molecule has 296 valence electrons. The van der Waals surface area contributed by atoms with Crippen molar-refractivity contribution >= 4 is 50.9 Å². The number of likely N-dealkylation sites (N-methyl/N-ethyl adjacent to an activating group) is 4. The molecule has 1 aromatic heterocycles. The fourth-order valence-electron chi connectivity index (χ4n) is 8.11. The Morgan fingerprint density at radius 2 is 1.05 bits per heavy atom. The average Bonchev–Trinajstić information content (AvgIpc) is 3.18. The van der Waals surface area contributed by atoms with Crippen molar-refractivity contribution in [1.29, 1.82) is 0 Å². The van der Waals surface area contributed by atoms with Gasteiger partial charge in [-0.15, -0.1) is 0 Å². The molecule has 4 aliphatic rings. The van der Waals surface area contributed by atoms with Crippen LogP contribution in [0.1, 0.15) is 11.1 Å². The lowest BCUT2D eigenvalue weighted by molar-refractivity contribution is 0.148. The van der Waals surface area contributed by atoms with Gasteiger partial charge in [-0.3, -0.25) is 14.8 Å². The molecule has 11 nitrogen and oxygen atoms in total. The second-order valence-corrected chi connectivity index (χ2v) is 16.6. The summed E-state index contributed by atoms with van der Waals surface area (Å²) in [6, 6.07) is 21.2. The number of anilines is 5. The Balaban J connectivity index is 0.000000184. The first-order chi connectivity index (χ1) is 26.7. The smallest absolute Gasteiger partial charge is 0.0737 e. The first-order valence-electron chi connectivity index (χ1n) is 20.2. The maximum absolute atomic E-state index is 6.18. The SMILES string of the molecule is CN1CCN(Cc2cc(N)ccc2N2CCN(C)CC2)CC1.CN1CCN(Cc2cc(Nc3ccnc4cc(Cl)ccc34)ccc2N2CCN(C)CC2)CC1. The van der Waals surface area contributed by atoms with Crippen molar-refractivity contribution in [1.82, 2.24) is 34.4 Å². The minimum atomic E-state index is 0.707. The van der Waals surface area contributed by atoms with Gasteiger partial charge in [0.2, 0.25) is 0 Å². The quantitative estimate of drug-likeness (QED) is 0.241. The molecule has 0 amide bonds. The van der Waals surface area contributed by atoms with Crippen LogP contribution in [0.25, 0.3) is 10.9 Å². The first-order valence-corrected chi connectivity index (χ1v) is 20.6. The number of nitrogens with two attached hydrogens (primary N) is 1. The average molecular weight is 768 g/mol. The van der Waals surface area contributed by atoms with Crippen LogP contribution in [-0.4, -0.2) is 167 Å². The molecular formula is C43H62ClN11. The van der Waals surface area contributed by atoms with Gasteiger partial charge in [0.05, 0.1) is 5.52 Å². The van der Waals surface area contributed by atoms with Crippen molar-refractivity contribution < 1.29 is 0 Å². The lowest BCUT2D eigenvalue weighted by Crippen LogP contribution is -2.46. The van der Waals surface area contributed by atoms with Crippen LogP contribution in [0.2, 0.25) is 5.02 Å². The number of aromatic nitrogens is 1. The molecule has 0 aliphatic carbocycles. The predicted octanol–water partition coefficient (Wildman–Crippen LogP) is 4.90. The summed E-state index contributed by atoms with van der Waals surface area (Å²) in [5.41, 5.74) is 15.5. The van der Waals surface area contributed by atoms with E-state index in [4.69, 9.17) is 17.3 Å². The van der Waals surface area contributed by atoms with Crippen molar-refractivity contribution in [3.8, 4) is 0 Å². The minimum Gasteiger partial charge on any atom is -0.399 e. The Labute approximate surface area is 334 Å². The van der Waals surface area contributed by atoms with Crippen LogP contribution < -0.4 is 20.9 Å². The summed E-state index contributed by atoms with van der Waals surface area (Å²) < 4.78 is 0. The molecule has 4 aromatic rings. The molecule has 4 fully saturated rings. The van der Waals surface area contributed by atoms with Crippen LogP contribution in [0.15, 0.2) is 66.9 Å². The number of nitrogens with one attached hydrogen (secondary N) is 1. The fraction of sp³-hybridized carbons (Fsp3) is 0.512. The van der Waals surface area contributed by atoms with Crippen LogP contribution in [0.3, 0.4) is 0 Å². The molecule has 0 atom stereocenters. The number of hydrogen-bond acceptors (Lipinski definition) is 11. The highest BCUT2D eigenvalue weighted by Crippen LogP contribution is 2.32. The molecule has 0 spiro atoms. The normalized spacial score (nSPS) is 20.1. The first kappa shape index (κ1) is 39.6. The monoisotopic (exact) mass is 767 g/mol. The highest BCUT2D eigenvalue weighted by atomic mass is 35.5. The highest BCUT2D eigenvalue weighted by Gasteiger charge is 2.22. The van der Waals surface area contributed by atoms with E-state index in [2.05, 4.69) is 108 Å². The van der Waals surface area contributed by atoms with Gasteiger partial charge < -0.3 is 40.4 Å². The number of nitrogens with zero attached hydrogens (tertiary/aromatic N) is 9. The highest BCUT2D eigenvalue weighted by molar-refractivity contribution is 6.31. The lowest BCUT2D eigenvalue weighted by Gasteiger charge is -2.37.